The minimum Gasteiger partial charge on any atom is -0.309 e. The van der Waals surface area contributed by atoms with Crippen LogP contribution in [0.5, 0.6) is 0 Å². The summed E-state index contributed by atoms with van der Waals surface area (Å²) >= 11 is 0. The van der Waals surface area contributed by atoms with Gasteiger partial charge in [0.2, 0.25) is 0 Å². The van der Waals surface area contributed by atoms with E-state index in [0.717, 1.165) is 29.7 Å². The lowest BCUT2D eigenvalue weighted by Gasteiger charge is -2.31. The van der Waals surface area contributed by atoms with E-state index in [1.807, 2.05) is 32.3 Å². The first-order valence-electron chi connectivity index (χ1n) is 7.94. The van der Waals surface area contributed by atoms with Crippen LogP contribution in [0.3, 0.4) is 0 Å². The maximum absolute atomic E-state index is 13.3. The number of halogens is 2. The third-order valence-electron chi connectivity index (χ3n) is 4.32. The average Bonchev–Trinajstić information content (AvgIpc) is 2.57. The van der Waals surface area contributed by atoms with Crippen LogP contribution in [0.1, 0.15) is 30.0 Å². The molecule has 0 spiro atoms. The molecule has 0 aliphatic heterocycles. The molecule has 2 rings (SSSR count). The Morgan fingerprint density at radius 2 is 1.71 bits per heavy atom. The van der Waals surface area contributed by atoms with Gasteiger partial charge in [0, 0.05) is 0 Å². The zero-order valence-corrected chi connectivity index (χ0v) is 15.2. The Morgan fingerprint density at radius 1 is 1.08 bits per heavy atom. The van der Waals surface area contributed by atoms with Gasteiger partial charge in [0.1, 0.15) is 11.2 Å². The number of hydrogen-bond acceptors (Lipinski definition) is 2. The summed E-state index contributed by atoms with van der Waals surface area (Å²) in [5.74, 6) is -0.281. The Morgan fingerprint density at radius 3 is 2.25 bits per heavy atom. The van der Waals surface area contributed by atoms with Gasteiger partial charge in [-0.3, -0.25) is 0 Å². The molecule has 0 aliphatic rings. The summed E-state index contributed by atoms with van der Waals surface area (Å²) in [5.41, 5.74) is 2.28. The molecule has 0 fully saturated rings. The molecule has 1 atom stereocenters. The van der Waals surface area contributed by atoms with Crippen molar-refractivity contribution in [3.8, 4) is 6.07 Å². The van der Waals surface area contributed by atoms with Crippen LogP contribution in [0, 0.1) is 17.1 Å². The summed E-state index contributed by atoms with van der Waals surface area (Å²) in [7, 11) is 4.00. The predicted octanol–water partition coefficient (Wildman–Crippen LogP) is 4.57. The highest BCUT2D eigenvalue weighted by molar-refractivity contribution is 5.85. The maximum Gasteiger partial charge on any atom is 0.123 e. The highest BCUT2D eigenvalue weighted by Crippen LogP contribution is 2.37. The summed E-state index contributed by atoms with van der Waals surface area (Å²) in [5, 5.41) is 10.1. The third kappa shape index (κ3) is 4.14. The lowest BCUT2D eigenvalue weighted by molar-refractivity contribution is 0.370. The Balaban J connectivity index is 0.00000288. The molecule has 0 aliphatic carbocycles. The van der Waals surface area contributed by atoms with E-state index in [9.17, 15) is 9.65 Å². The van der Waals surface area contributed by atoms with Crippen molar-refractivity contribution in [2.24, 2.45) is 0 Å². The number of aryl methyl sites for hydroxylation is 1. The quantitative estimate of drug-likeness (QED) is 0.766. The smallest absolute Gasteiger partial charge is 0.123 e. The first kappa shape index (κ1) is 20.2. The van der Waals surface area contributed by atoms with Crippen LogP contribution in [0.2, 0.25) is 0 Å². The van der Waals surface area contributed by atoms with Gasteiger partial charge >= 0.3 is 0 Å². The highest BCUT2D eigenvalue weighted by atomic mass is 35.5. The Hall–Kier alpha value is -1.89. The van der Waals surface area contributed by atoms with E-state index in [1.165, 1.54) is 12.1 Å². The second kappa shape index (κ2) is 8.82. The van der Waals surface area contributed by atoms with Crippen molar-refractivity contribution in [3.63, 3.8) is 0 Å². The summed E-state index contributed by atoms with van der Waals surface area (Å²) < 4.78 is 13.3. The van der Waals surface area contributed by atoms with E-state index in [-0.39, 0.29) is 18.2 Å². The summed E-state index contributed by atoms with van der Waals surface area (Å²) in [6.45, 7) is 2.88. The third-order valence-corrected chi connectivity index (χ3v) is 4.32. The van der Waals surface area contributed by atoms with Gasteiger partial charge in [-0.1, -0.05) is 43.3 Å². The molecule has 24 heavy (non-hydrogen) atoms. The zero-order chi connectivity index (χ0) is 16.9. The van der Waals surface area contributed by atoms with E-state index < -0.39 is 5.41 Å². The molecular weight excluding hydrogens is 323 g/mol. The second-order valence-electron chi connectivity index (χ2n) is 6.09. The molecule has 2 aromatic carbocycles. The molecule has 0 radical (unpaired) electrons. The number of benzene rings is 2. The van der Waals surface area contributed by atoms with Crippen molar-refractivity contribution < 1.29 is 4.39 Å². The average molecular weight is 347 g/mol. The van der Waals surface area contributed by atoms with Crippen LogP contribution in [0.4, 0.5) is 4.39 Å². The fourth-order valence-corrected chi connectivity index (χ4v) is 2.99. The molecule has 4 heteroatoms. The molecule has 0 aromatic heterocycles. The summed E-state index contributed by atoms with van der Waals surface area (Å²) in [6, 6.07) is 17.0. The number of hydrogen-bond donors (Lipinski definition) is 0. The first-order chi connectivity index (χ1) is 11.0. The largest absolute Gasteiger partial charge is 0.309 e. The summed E-state index contributed by atoms with van der Waals surface area (Å²) in [6.07, 6.45) is 1.53. The number of rotatable bonds is 6. The molecule has 0 N–H and O–H groups in total. The Bertz CT molecular complexity index is 692. The normalized spacial score (nSPS) is 13.0. The Labute approximate surface area is 150 Å². The van der Waals surface area contributed by atoms with Gasteiger partial charge in [-0.25, -0.2) is 4.39 Å². The second-order valence-corrected chi connectivity index (χ2v) is 6.09. The van der Waals surface area contributed by atoms with Crippen molar-refractivity contribution in [1.29, 1.82) is 5.26 Å². The standard InChI is InChI=1S/C20H23FN2.ClH/c1-4-16-7-5-6-8-19(16)20(15-22,13-14-23(2)3)17-9-11-18(21)12-10-17;/h5-12H,4,13-14H2,1-3H3;1H. The van der Waals surface area contributed by atoms with Gasteiger partial charge in [0.15, 0.2) is 0 Å². The Kier molecular flexibility index (Phi) is 7.41. The van der Waals surface area contributed by atoms with Crippen LogP contribution in [-0.2, 0) is 11.8 Å². The maximum atomic E-state index is 13.3. The number of nitriles is 1. The van der Waals surface area contributed by atoms with Crippen molar-refractivity contribution in [1.82, 2.24) is 4.90 Å². The minimum atomic E-state index is -0.759. The molecular formula is C20H24ClFN2. The SMILES string of the molecule is CCc1ccccc1C(C#N)(CCN(C)C)c1ccc(F)cc1.Cl. The topological polar surface area (TPSA) is 27.0 Å². The van der Waals surface area contributed by atoms with Gasteiger partial charge in [0.05, 0.1) is 6.07 Å². The van der Waals surface area contributed by atoms with Crippen LogP contribution in [-0.4, -0.2) is 25.5 Å². The lowest BCUT2D eigenvalue weighted by Crippen LogP contribution is -2.31. The van der Waals surface area contributed by atoms with E-state index in [0.29, 0.717) is 6.42 Å². The van der Waals surface area contributed by atoms with Crippen LogP contribution in [0.25, 0.3) is 0 Å². The highest BCUT2D eigenvalue weighted by Gasteiger charge is 2.35. The van der Waals surface area contributed by atoms with Gasteiger partial charge in [-0.05, 0) is 62.3 Å². The predicted molar refractivity (Wildman–Crippen MR) is 99.0 cm³/mol. The first-order valence-corrected chi connectivity index (χ1v) is 7.94. The molecule has 128 valence electrons. The van der Waals surface area contributed by atoms with Gasteiger partial charge in [-0.15, -0.1) is 12.4 Å². The van der Waals surface area contributed by atoms with Crippen molar-refractivity contribution in [2.45, 2.75) is 25.2 Å². The number of nitrogens with zero attached hydrogens (tertiary/aromatic N) is 2. The van der Waals surface area contributed by atoms with Crippen LogP contribution >= 0.6 is 12.4 Å². The molecule has 0 heterocycles. The minimum absolute atomic E-state index is 0. The molecule has 2 nitrogen and oxygen atoms in total. The fourth-order valence-electron chi connectivity index (χ4n) is 2.99. The molecule has 0 bridgehead atoms. The summed E-state index contributed by atoms with van der Waals surface area (Å²) in [4.78, 5) is 2.07. The van der Waals surface area contributed by atoms with E-state index in [4.69, 9.17) is 0 Å². The van der Waals surface area contributed by atoms with Crippen molar-refractivity contribution in [3.05, 3.63) is 71.0 Å². The molecule has 2 aromatic rings. The lowest BCUT2D eigenvalue weighted by atomic mass is 9.71. The van der Waals surface area contributed by atoms with Crippen LogP contribution in [0.15, 0.2) is 48.5 Å². The van der Waals surface area contributed by atoms with Gasteiger partial charge < -0.3 is 4.90 Å². The van der Waals surface area contributed by atoms with Gasteiger partial charge in [-0.2, -0.15) is 5.26 Å². The fraction of sp³-hybridized carbons (Fsp3) is 0.350. The van der Waals surface area contributed by atoms with Crippen molar-refractivity contribution >= 4 is 12.4 Å². The monoisotopic (exact) mass is 346 g/mol. The van der Waals surface area contributed by atoms with E-state index in [2.05, 4.69) is 24.0 Å². The van der Waals surface area contributed by atoms with E-state index in [1.54, 1.807) is 12.1 Å². The van der Waals surface area contributed by atoms with Crippen molar-refractivity contribution in [2.75, 3.05) is 20.6 Å². The molecule has 1 unspecified atom stereocenters. The van der Waals surface area contributed by atoms with Crippen LogP contribution < -0.4 is 0 Å². The molecule has 0 saturated carbocycles. The molecule has 0 amide bonds. The van der Waals surface area contributed by atoms with E-state index >= 15 is 0 Å². The molecule has 0 saturated heterocycles. The van der Waals surface area contributed by atoms with Gasteiger partial charge in [0.25, 0.3) is 0 Å². The zero-order valence-electron chi connectivity index (χ0n) is 14.4.